The van der Waals surface area contributed by atoms with Crippen LogP contribution in [0.5, 0.6) is 0 Å². The number of carbonyl (C=O) groups excluding carboxylic acids is 1. The van der Waals surface area contributed by atoms with Gasteiger partial charge in [0.15, 0.2) is 0 Å². The first-order valence-electron chi connectivity index (χ1n) is 4.75. The summed E-state index contributed by atoms with van der Waals surface area (Å²) in [5.41, 5.74) is 0. The molecule has 0 saturated heterocycles. The molecule has 2 rings (SSSR count). The molecule has 0 bridgehead atoms. The summed E-state index contributed by atoms with van der Waals surface area (Å²) >= 11 is 1.31. The summed E-state index contributed by atoms with van der Waals surface area (Å²) in [5.74, 6) is -1.11. The zero-order chi connectivity index (χ0) is 10.8. The minimum Gasteiger partial charge on any atom is -0.480 e. The van der Waals surface area contributed by atoms with Crippen LogP contribution in [0.3, 0.4) is 0 Å². The van der Waals surface area contributed by atoms with Crippen molar-refractivity contribution in [3.63, 3.8) is 0 Å². The van der Waals surface area contributed by atoms with Crippen LogP contribution in [0.15, 0.2) is 17.5 Å². The van der Waals surface area contributed by atoms with Crippen LogP contribution in [0.1, 0.15) is 22.5 Å². The molecule has 1 saturated carbocycles. The number of hydrogen-bond acceptors (Lipinski definition) is 3. The van der Waals surface area contributed by atoms with Gasteiger partial charge in [-0.1, -0.05) is 6.07 Å². The molecule has 15 heavy (non-hydrogen) atoms. The van der Waals surface area contributed by atoms with E-state index in [1.807, 2.05) is 0 Å². The molecule has 1 atom stereocenters. The van der Waals surface area contributed by atoms with Gasteiger partial charge in [0.05, 0.1) is 4.88 Å². The van der Waals surface area contributed by atoms with E-state index in [0.29, 0.717) is 4.88 Å². The van der Waals surface area contributed by atoms with Gasteiger partial charge in [0.25, 0.3) is 5.91 Å². The van der Waals surface area contributed by atoms with E-state index in [4.69, 9.17) is 5.11 Å². The number of rotatable bonds is 4. The molecule has 0 radical (unpaired) electrons. The Morgan fingerprint density at radius 3 is 2.73 bits per heavy atom. The van der Waals surface area contributed by atoms with E-state index in [9.17, 15) is 9.59 Å². The highest BCUT2D eigenvalue weighted by Gasteiger charge is 2.37. The Kier molecular flexibility index (Phi) is 2.73. The van der Waals surface area contributed by atoms with Crippen LogP contribution < -0.4 is 5.32 Å². The zero-order valence-corrected chi connectivity index (χ0v) is 8.79. The minimum atomic E-state index is -0.942. The predicted molar refractivity (Wildman–Crippen MR) is 55.9 cm³/mol. The van der Waals surface area contributed by atoms with Crippen LogP contribution in [0.4, 0.5) is 0 Å². The number of amides is 1. The highest BCUT2D eigenvalue weighted by atomic mass is 32.1. The van der Waals surface area contributed by atoms with Gasteiger partial charge in [-0.05, 0) is 30.2 Å². The normalized spacial score (nSPS) is 17.1. The van der Waals surface area contributed by atoms with E-state index in [-0.39, 0.29) is 11.8 Å². The molecule has 1 aliphatic carbocycles. The molecule has 1 amide bonds. The first kappa shape index (κ1) is 10.2. The quantitative estimate of drug-likeness (QED) is 0.812. The maximum atomic E-state index is 11.6. The average Bonchev–Trinajstić information content (AvgIpc) is 2.87. The molecule has 1 aromatic rings. The highest BCUT2D eigenvalue weighted by Crippen LogP contribution is 2.32. The minimum absolute atomic E-state index is 0.117. The van der Waals surface area contributed by atoms with Crippen molar-refractivity contribution in [1.29, 1.82) is 0 Å². The smallest absolute Gasteiger partial charge is 0.326 e. The Morgan fingerprint density at radius 1 is 1.53 bits per heavy atom. The molecule has 1 aromatic heterocycles. The fourth-order valence-corrected chi connectivity index (χ4v) is 2.06. The Balaban J connectivity index is 2.00. The van der Waals surface area contributed by atoms with Gasteiger partial charge in [-0.2, -0.15) is 0 Å². The lowest BCUT2D eigenvalue weighted by Crippen LogP contribution is -2.42. The second-order valence-corrected chi connectivity index (χ2v) is 4.55. The molecular weight excluding hydrogens is 214 g/mol. The Bertz CT molecular complexity index is 370. The summed E-state index contributed by atoms with van der Waals surface area (Å²) in [6.07, 6.45) is 1.78. The fourth-order valence-electron chi connectivity index (χ4n) is 1.43. The van der Waals surface area contributed by atoms with Crippen molar-refractivity contribution in [2.24, 2.45) is 5.92 Å². The van der Waals surface area contributed by atoms with E-state index in [0.717, 1.165) is 12.8 Å². The topological polar surface area (TPSA) is 66.4 Å². The molecular formula is C10H11NO3S. The van der Waals surface area contributed by atoms with Crippen molar-refractivity contribution in [3.8, 4) is 0 Å². The second-order valence-electron chi connectivity index (χ2n) is 3.60. The Labute approximate surface area is 90.9 Å². The molecule has 0 aromatic carbocycles. The molecule has 80 valence electrons. The maximum absolute atomic E-state index is 11.6. The van der Waals surface area contributed by atoms with Gasteiger partial charge in [-0.15, -0.1) is 11.3 Å². The molecule has 0 aliphatic heterocycles. The van der Waals surface area contributed by atoms with Crippen molar-refractivity contribution >= 4 is 23.2 Å². The maximum Gasteiger partial charge on any atom is 0.326 e. The van der Waals surface area contributed by atoms with Crippen molar-refractivity contribution in [2.75, 3.05) is 0 Å². The largest absolute Gasteiger partial charge is 0.480 e. The number of nitrogens with one attached hydrogen (secondary N) is 1. The van der Waals surface area contributed by atoms with Gasteiger partial charge in [0.1, 0.15) is 6.04 Å². The van der Waals surface area contributed by atoms with Gasteiger partial charge in [0.2, 0.25) is 0 Å². The van der Waals surface area contributed by atoms with E-state index in [1.54, 1.807) is 17.5 Å². The lowest BCUT2D eigenvalue weighted by molar-refractivity contribution is -0.139. The van der Waals surface area contributed by atoms with Gasteiger partial charge in [0, 0.05) is 0 Å². The molecule has 5 heteroatoms. The van der Waals surface area contributed by atoms with Crippen LogP contribution in [-0.2, 0) is 4.79 Å². The van der Waals surface area contributed by atoms with Crippen LogP contribution in [0, 0.1) is 5.92 Å². The van der Waals surface area contributed by atoms with Crippen molar-refractivity contribution in [2.45, 2.75) is 18.9 Å². The fraction of sp³-hybridized carbons (Fsp3) is 0.400. The van der Waals surface area contributed by atoms with Gasteiger partial charge in [-0.3, -0.25) is 4.79 Å². The molecule has 4 nitrogen and oxygen atoms in total. The predicted octanol–water partition coefficient (Wildman–Crippen LogP) is 1.34. The van der Waals surface area contributed by atoms with E-state index < -0.39 is 12.0 Å². The molecule has 0 spiro atoms. The highest BCUT2D eigenvalue weighted by molar-refractivity contribution is 7.12. The first-order chi connectivity index (χ1) is 7.18. The summed E-state index contributed by atoms with van der Waals surface area (Å²) in [4.78, 5) is 23.0. The lowest BCUT2D eigenvalue weighted by atomic mass is 10.2. The number of carboxylic acid groups (broad SMARTS) is 1. The summed E-state index contributed by atoms with van der Waals surface area (Å²) in [5, 5.41) is 13.3. The van der Waals surface area contributed by atoms with E-state index >= 15 is 0 Å². The molecule has 1 fully saturated rings. The van der Waals surface area contributed by atoms with Crippen LogP contribution in [0.25, 0.3) is 0 Å². The van der Waals surface area contributed by atoms with Crippen molar-refractivity contribution in [1.82, 2.24) is 5.32 Å². The third-order valence-electron chi connectivity index (χ3n) is 2.39. The molecule has 1 unspecified atom stereocenters. The standard InChI is InChI=1S/C10H11NO3S/c12-9(7-2-1-5-15-7)11-8(10(13)14)6-3-4-6/h1-2,5-6,8H,3-4H2,(H,11,12)(H,13,14). The number of carboxylic acids is 1. The third kappa shape index (κ3) is 2.36. The second kappa shape index (κ2) is 4.02. The SMILES string of the molecule is O=C(NC(C(=O)O)C1CC1)c1cccs1. The summed E-state index contributed by atoms with van der Waals surface area (Å²) in [6, 6.07) is 2.73. The number of thiophene rings is 1. The lowest BCUT2D eigenvalue weighted by Gasteiger charge is -2.12. The third-order valence-corrected chi connectivity index (χ3v) is 3.26. The van der Waals surface area contributed by atoms with Gasteiger partial charge in [-0.25, -0.2) is 4.79 Å². The summed E-state index contributed by atoms with van der Waals surface area (Å²) < 4.78 is 0. The first-order valence-corrected chi connectivity index (χ1v) is 5.63. The van der Waals surface area contributed by atoms with Gasteiger partial charge >= 0.3 is 5.97 Å². The van der Waals surface area contributed by atoms with Crippen LogP contribution >= 0.6 is 11.3 Å². The Morgan fingerprint density at radius 2 is 2.27 bits per heavy atom. The number of aliphatic carboxylic acids is 1. The number of hydrogen-bond donors (Lipinski definition) is 2. The van der Waals surface area contributed by atoms with E-state index in [1.165, 1.54) is 11.3 Å². The molecule has 2 N–H and O–H groups in total. The van der Waals surface area contributed by atoms with Crippen LogP contribution in [-0.4, -0.2) is 23.0 Å². The van der Waals surface area contributed by atoms with Crippen molar-refractivity contribution in [3.05, 3.63) is 22.4 Å². The average molecular weight is 225 g/mol. The van der Waals surface area contributed by atoms with Gasteiger partial charge < -0.3 is 10.4 Å². The zero-order valence-electron chi connectivity index (χ0n) is 7.97. The van der Waals surface area contributed by atoms with Crippen LogP contribution in [0.2, 0.25) is 0 Å². The summed E-state index contributed by atoms with van der Waals surface area (Å²) in [6.45, 7) is 0. The summed E-state index contributed by atoms with van der Waals surface area (Å²) in [7, 11) is 0. The van der Waals surface area contributed by atoms with Crippen molar-refractivity contribution < 1.29 is 14.7 Å². The molecule has 1 aliphatic rings. The molecule has 1 heterocycles. The monoisotopic (exact) mass is 225 g/mol. The number of carbonyl (C=O) groups is 2. The Hall–Kier alpha value is -1.36. The van der Waals surface area contributed by atoms with E-state index in [2.05, 4.69) is 5.32 Å².